The van der Waals surface area contributed by atoms with Gasteiger partial charge in [0.15, 0.2) is 0 Å². The molecule has 3 nitrogen and oxygen atoms in total. The molecule has 0 saturated carbocycles. The van der Waals surface area contributed by atoms with E-state index in [4.69, 9.17) is 10.5 Å². The van der Waals surface area contributed by atoms with Crippen LogP contribution in [0.15, 0.2) is 0 Å². The predicted octanol–water partition coefficient (Wildman–Crippen LogP) is 0.836. The second-order valence-corrected chi connectivity index (χ2v) is 4.60. The minimum absolute atomic E-state index is 0.779. The highest BCUT2D eigenvalue weighted by Gasteiger charge is 2.25. The van der Waals surface area contributed by atoms with E-state index in [1.165, 1.54) is 38.8 Å². The topological polar surface area (TPSA) is 38.5 Å². The van der Waals surface area contributed by atoms with Gasteiger partial charge in [0.25, 0.3) is 0 Å². The molecule has 2 aliphatic heterocycles. The first-order valence-corrected chi connectivity index (χ1v) is 5.92. The summed E-state index contributed by atoms with van der Waals surface area (Å²) >= 11 is 0. The Hall–Kier alpha value is -0.120. The van der Waals surface area contributed by atoms with Crippen molar-refractivity contribution in [2.45, 2.75) is 31.7 Å². The molecule has 2 rings (SSSR count). The van der Waals surface area contributed by atoms with Gasteiger partial charge in [-0.25, -0.2) is 0 Å². The monoisotopic (exact) mass is 198 g/mol. The van der Waals surface area contributed by atoms with Gasteiger partial charge in [-0.3, -0.25) is 0 Å². The molecule has 0 amide bonds. The number of rotatable bonds is 5. The van der Waals surface area contributed by atoms with Crippen LogP contribution in [0.3, 0.4) is 0 Å². The third-order valence-electron chi connectivity index (χ3n) is 3.53. The van der Waals surface area contributed by atoms with Crippen LogP contribution in [0.2, 0.25) is 0 Å². The third kappa shape index (κ3) is 2.47. The standard InChI is InChI=1S/C11H22N2O/c12-5-3-11-2-1-6-13(11)7-4-10-8-14-9-10/h10-11H,1-9,12H2. The van der Waals surface area contributed by atoms with Crippen LogP contribution in [-0.2, 0) is 4.74 Å². The molecule has 0 aliphatic carbocycles. The maximum Gasteiger partial charge on any atom is 0.0516 e. The van der Waals surface area contributed by atoms with E-state index in [1.807, 2.05) is 0 Å². The van der Waals surface area contributed by atoms with Crippen LogP contribution in [0.4, 0.5) is 0 Å². The smallest absolute Gasteiger partial charge is 0.0516 e. The number of hydrogen-bond acceptors (Lipinski definition) is 3. The maximum absolute atomic E-state index is 5.62. The Morgan fingerprint density at radius 2 is 2.14 bits per heavy atom. The van der Waals surface area contributed by atoms with Crippen molar-refractivity contribution in [1.29, 1.82) is 0 Å². The fourth-order valence-electron chi connectivity index (χ4n) is 2.51. The summed E-state index contributed by atoms with van der Waals surface area (Å²) in [4.78, 5) is 2.63. The molecule has 1 atom stereocenters. The highest BCUT2D eigenvalue weighted by atomic mass is 16.5. The van der Waals surface area contributed by atoms with Gasteiger partial charge in [-0.05, 0) is 45.3 Å². The second-order valence-electron chi connectivity index (χ2n) is 4.60. The highest BCUT2D eigenvalue weighted by Crippen LogP contribution is 2.22. The molecule has 14 heavy (non-hydrogen) atoms. The van der Waals surface area contributed by atoms with Crippen LogP contribution < -0.4 is 5.73 Å². The van der Waals surface area contributed by atoms with E-state index in [1.54, 1.807) is 0 Å². The molecule has 0 spiro atoms. The Morgan fingerprint density at radius 3 is 2.79 bits per heavy atom. The van der Waals surface area contributed by atoms with Crippen molar-refractivity contribution in [3.8, 4) is 0 Å². The summed E-state index contributed by atoms with van der Waals surface area (Å²) in [6.45, 7) is 5.38. The van der Waals surface area contributed by atoms with Crippen molar-refractivity contribution < 1.29 is 4.74 Å². The summed E-state index contributed by atoms with van der Waals surface area (Å²) in [6.07, 6.45) is 5.23. The lowest BCUT2D eigenvalue weighted by Gasteiger charge is -2.30. The number of nitrogens with zero attached hydrogens (tertiary/aromatic N) is 1. The normalized spacial score (nSPS) is 29.4. The minimum atomic E-state index is 0.779. The van der Waals surface area contributed by atoms with E-state index in [0.29, 0.717) is 0 Å². The molecule has 2 aliphatic rings. The second kappa shape index (κ2) is 5.10. The highest BCUT2D eigenvalue weighted by molar-refractivity contribution is 4.80. The third-order valence-corrected chi connectivity index (χ3v) is 3.53. The van der Waals surface area contributed by atoms with Crippen molar-refractivity contribution in [2.24, 2.45) is 11.7 Å². The lowest BCUT2D eigenvalue weighted by Crippen LogP contribution is -2.36. The summed E-state index contributed by atoms with van der Waals surface area (Å²) < 4.78 is 5.19. The van der Waals surface area contributed by atoms with E-state index in [0.717, 1.165) is 31.7 Å². The molecule has 2 fully saturated rings. The molecule has 3 heteroatoms. The van der Waals surface area contributed by atoms with E-state index >= 15 is 0 Å². The molecule has 0 radical (unpaired) electrons. The first-order valence-electron chi connectivity index (χ1n) is 5.92. The number of nitrogens with two attached hydrogens (primary N) is 1. The van der Waals surface area contributed by atoms with Crippen LogP contribution in [-0.4, -0.2) is 43.8 Å². The number of likely N-dealkylation sites (tertiary alicyclic amines) is 1. The van der Waals surface area contributed by atoms with Crippen LogP contribution in [0.25, 0.3) is 0 Å². The van der Waals surface area contributed by atoms with Crippen LogP contribution in [0, 0.1) is 5.92 Å². The summed E-state index contributed by atoms with van der Waals surface area (Å²) in [6, 6.07) is 0.779. The first-order chi connectivity index (χ1) is 6.90. The Balaban J connectivity index is 1.67. The van der Waals surface area contributed by atoms with Gasteiger partial charge in [-0.1, -0.05) is 0 Å². The molecule has 0 aromatic heterocycles. The Morgan fingerprint density at radius 1 is 1.29 bits per heavy atom. The number of ether oxygens (including phenoxy) is 1. The zero-order valence-electron chi connectivity index (χ0n) is 8.95. The van der Waals surface area contributed by atoms with Crippen LogP contribution in [0.1, 0.15) is 25.7 Å². The van der Waals surface area contributed by atoms with Crippen molar-refractivity contribution in [1.82, 2.24) is 4.90 Å². The fraction of sp³-hybridized carbons (Fsp3) is 1.00. The Kier molecular flexibility index (Phi) is 3.79. The maximum atomic E-state index is 5.62. The summed E-state index contributed by atoms with van der Waals surface area (Å²) in [5.74, 6) is 0.842. The van der Waals surface area contributed by atoms with Crippen molar-refractivity contribution in [3.63, 3.8) is 0 Å². The van der Waals surface area contributed by atoms with Gasteiger partial charge in [0.05, 0.1) is 13.2 Å². The molecule has 0 aromatic rings. The largest absolute Gasteiger partial charge is 0.381 e. The summed E-state index contributed by atoms with van der Waals surface area (Å²) in [5, 5.41) is 0. The van der Waals surface area contributed by atoms with Gasteiger partial charge in [0.1, 0.15) is 0 Å². The molecule has 2 saturated heterocycles. The van der Waals surface area contributed by atoms with Crippen LogP contribution in [0.5, 0.6) is 0 Å². The Bertz CT molecular complexity index is 171. The molecule has 2 N–H and O–H groups in total. The molecule has 0 aromatic carbocycles. The zero-order valence-corrected chi connectivity index (χ0v) is 8.95. The van der Waals surface area contributed by atoms with Gasteiger partial charge in [-0.2, -0.15) is 0 Å². The molecule has 2 heterocycles. The van der Waals surface area contributed by atoms with E-state index in [2.05, 4.69) is 4.90 Å². The summed E-state index contributed by atoms with van der Waals surface area (Å²) in [5.41, 5.74) is 5.62. The van der Waals surface area contributed by atoms with Gasteiger partial charge >= 0.3 is 0 Å². The zero-order chi connectivity index (χ0) is 9.80. The fourth-order valence-corrected chi connectivity index (χ4v) is 2.51. The predicted molar refractivity (Wildman–Crippen MR) is 57.2 cm³/mol. The van der Waals surface area contributed by atoms with Gasteiger partial charge in [-0.15, -0.1) is 0 Å². The number of hydrogen-bond donors (Lipinski definition) is 1. The van der Waals surface area contributed by atoms with Crippen molar-refractivity contribution in [3.05, 3.63) is 0 Å². The van der Waals surface area contributed by atoms with Crippen molar-refractivity contribution in [2.75, 3.05) is 32.8 Å². The van der Waals surface area contributed by atoms with Gasteiger partial charge < -0.3 is 15.4 Å². The SMILES string of the molecule is NCCC1CCCN1CCC1COC1. The van der Waals surface area contributed by atoms with Gasteiger partial charge in [0.2, 0.25) is 0 Å². The average molecular weight is 198 g/mol. The molecule has 82 valence electrons. The molecule has 1 unspecified atom stereocenters. The Labute approximate surface area is 86.6 Å². The van der Waals surface area contributed by atoms with Crippen LogP contribution >= 0.6 is 0 Å². The van der Waals surface area contributed by atoms with E-state index in [9.17, 15) is 0 Å². The van der Waals surface area contributed by atoms with Crippen molar-refractivity contribution >= 4 is 0 Å². The molecular formula is C11H22N2O. The lowest BCUT2D eigenvalue weighted by atomic mass is 10.0. The average Bonchev–Trinajstić information content (AvgIpc) is 2.51. The van der Waals surface area contributed by atoms with E-state index < -0.39 is 0 Å². The first kappa shape index (κ1) is 10.4. The summed E-state index contributed by atoms with van der Waals surface area (Å²) in [7, 11) is 0. The molecule has 0 bridgehead atoms. The lowest BCUT2D eigenvalue weighted by molar-refractivity contribution is -0.0394. The minimum Gasteiger partial charge on any atom is -0.381 e. The van der Waals surface area contributed by atoms with Gasteiger partial charge in [0, 0.05) is 12.0 Å². The van der Waals surface area contributed by atoms with E-state index in [-0.39, 0.29) is 0 Å². The quantitative estimate of drug-likeness (QED) is 0.711. The molecular weight excluding hydrogens is 176 g/mol.